The summed E-state index contributed by atoms with van der Waals surface area (Å²) in [5.74, 6) is 2.17. The molecule has 16 heavy (non-hydrogen) atoms. The number of benzene rings is 1. The molecule has 0 atom stereocenters. The Morgan fingerprint density at radius 1 is 1.19 bits per heavy atom. The maximum absolute atomic E-state index is 4.32. The number of fused-ring (bicyclic) bond motifs is 1. The minimum absolute atomic E-state index is 1.03. The van der Waals surface area contributed by atoms with Crippen LogP contribution in [0.3, 0.4) is 0 Å². The van der Waals surface area contributed by atoms with E-state index < -0.39 is 0 Å². The number of aryl methyl sites for hydroxylation is 2. The first-order chi connectivity index (χ1) is 7.84. The van der Waals surface area contributed by atoms with E-state index in [1.807, 2.05) is 0 Å². The van der Waals surface area contributed by atoms with Crippen LogP contribution in [0.5, 0.6) is 0 Å². The van der Waals surface area contributed by atoms with Crippen LogP contribution in [0.4, 0.5) is 0 Å². The first-order valence-corrected chi connectivity index (χ1v) is 5.84. The summed E-state index contributed by atoms with van der Waals surface area (Å²) in [5, 5.41) is 8.60. The molecule has 0 N–H and O–H groups in total. The van der Waals surface area contributed by atoms with Gasteiger partial charge in [-0.2, -0.15) is 0 Å². The van der Waals surface area contributed by atoms with Crippen LogP contribution < -0.4 is 0 Å². The molecule has 0 spiro atoms. The van der Waals surface area contributed by atoms with Gasteiger partial charge in [0.15, 0.2) is 5.82 Å². The van der Waals surface area contributed by atoms with Gasteiger partial charge in [0, 0.05) is 18.5 Å². The molecule has 1 aromatic carbocycles. The van der Waals surface area contributed by atoms with Crippen LogP contribution in [0.15, 0.2) is 24.3 Å². The van der Waals surface area contributed by atoms with Crippen LogP contribution in [-0.2, 0) is 13.0 Å². The van der Waals surface area contributed by atoms with Gasteiger partial charge in [0.25, 0.3) is 0 Å². The lowest BCUT2D eigenvalue weighted by atomic mass is 10.1. The summed E-state index contributed by atoms with van der Waals surface area (Å²) in [6, 6.07) is 8.47. The van der Waals surface area contributed by atoms with E-state index in [1.54, 1.807) is 0 Å². The summed E-state index contributed by atoms with van der Waals surface area (Å²) in [5.41, 5.74) is 2.45. The smallest absolute Gasteiger partial charge is 0.163 e. The highest BCUT2D eigenvalue weighted by molar-refractivity contribution is 5.56. The maximum Gasteiger partial charge on any atom is 0.163 e. The molecule has 3 heteroatoms. The molecule has 0 amide bonds. The molecule has 2 aromatic rings. The molecular weight excluding hydrogens is 198 g/mol. The van der Waals surface area contributed by atoms with Crippen LogP contribution >= 0.6 is 0 Å². The van der Waals surface area contributed by atoms with Crippen molar-refractivity contribution in [2.75, 3.05) is 0 Å². The summed E-state index contributed by atoms with van der Waals surface area (Å²) in [4.78, 5) is 0. The topological polar surface area (TPSA) is 30.7 Å². The molecule has 0 saturated carbocycles. The number of hydrogen-bond donors (Lipinski definition) is 0. The van der Waals surface area contributed by atoms with E-state index >= 15 is 0 Å². The fourth-order valence-corrected chi connectivity index (χ4v) is 2.31. The van der Waals surface area contributed by atoms with Crippen LogP contribution in [0, 0.1) is 6.92 Å². The molecule has 3 nitrogen and oxygen atoms in total. The Morgan fingerprint density at radius 2 is 2.12 bits per heavy atom. The quantitative estimate of drug-likeness (QED) is 0.729. The van der Waals surface area contributed by atoms with Gasteiger partial charge in [-0.15, -0.1) is 10.2 Å². The van der Waals surface area contributed by atoms with Crippen molar-refractivity contribution in [3.05, 3.63) is 35.7 Å². The van der Waals surface area contributed by atoms with E-state index in [0.29, 0.717) is 0 Å². The second-order valence-electron chi connectivity index (χ2n) is 4.42. The van der Waals surface area contributed by atoms with Gasteiger partial charge in [-0.25, -0.2) is 0 Å². The van der Waals surface area contributed by atoms with Gasteiger partial charge in [-0.05, 0) is 25.8 Å². The lowest BCUT2D eigenvalue weighted by Crippen LogP contribution is -2.11. The Labute approximate surface area is 95.1 Å². The van der Waals surface area contributed by atoms with Crippen molar-refractivity contribution in [1.29, 1.82) is 0 Å². The average Bonchev–Trinajstić information content (AvgIpc) is 2.72. The second kappa shape index (κ2) is 3.74. The van der Waals surface area contributed by atoms with Crippen LogP contribution in [0.25, 0.3) is 11.4 Å². The molecule has 0 fully saturated rings. The molecule has 0 unspecified atom stereocenters. The second-order valence-corrected chi connectivity index (χ2v) is 4.42. The van der Waals surface area contributed by atoms with E-state index in [1.165, 1.54) is 24.0 Å². The monoisotopic (exact) mass is 213 g/mol. The van der Waals surface area contributed by atoms with E-state index in [9.17, 15) is 0 Å². The van der Waals surface area contributed by atoms with E-state index in [-0.39, 0.29) is 0 Å². The molecule has 82 valence electrons. The van der Waals surface area contributed by atoms with Gasteiger partial charge in [0.1, 0.15) is 5.82 Å². The Balaban J connectivity index is 2.09. The molecule has 0 bridgehead atoms. The van der Waals surface area contributed by atoms with Gasteiger partial charge in [0.05, 0.1) is 0 Å². The summed E-state index contributed by atoms with van der Waals surface area (Å²) in [6.07, 6.45) is 3.55. The zero-order valence-electron chi connectivity index (χ0n) is 9.48. The third-order valence-electron chi connectivity index (χ3n) is 3.14. The molecule has 2 heterocycles. The minimum atomic E-state index is 1.03. The normalized spacial score (nSPS) is 14.8. The summed E-state index contributed by atoms with van der Waals surface area (Å²) in [6.45, 7) is 3.17. The van der Waals surface area contributed by atoms with Crippen molar-refractivity contribution in [1.82, 2.24) is 14.8 Å². The highest BCUT2D eigenvalue weighted by Crippen LogP contribution is 2.23. The predicted molar refractivity (Wildman–Crippen MR) is 63.1 cm³/mol. The fourth-order valence-electron chi connectivity index (χ4n) is 2.31. The third-order valence-corrected chi connectivity index (χ3v) is 3.14. The van der Waals surface area contributed by atoms with Crippen molar-refractivity contribution in [2.45, 2.75) is 32.7 Å². The van der Waals surface area contributed by atoms with E-state index in [4.69, 9.17) is 0 Å². The van der Waals surface area contributed by atoms with Crippen LogP contribution in [0.1, 0.15) is 24.2 Å². The molecule has 1 aliphatic heterocycles. The minimum Gasteiger partial charge on any atom is -0.311 e. The first kappa shape index (κ1) is 9.58. The lowest BCUT2D eigenvalue weighted by Gasteiger charge is -2.14. The van der Waals surface area contributed by atoms with Crippen molar-refractivity contribution >= 4 is 0 Å². The Morgan fingerprint density at radius 3 is 3.00 bits per heavy atom. The number of nitrogens with zero attached hydrogens (tertiary/aromatic N) is 3. The molecule has 3 rings (SSSR count). The number of rotatable bonds is 1. The van der Waals surface area contributed by atoms with Crippen LogP contribution in [0.2, 0.25) is 0 Å². The zero-order chi connectivity index (χ0) is 11.0. The van der Waals surface area contributed by atoms with Crippen molar-refractivity contribution in [2.24, 2.45) is 0 Å². The van der Waals surface area contributed by atoms with E-state index in [2.05, 4.69) is 46.0 Å². The van der Waals surface area contributed by atoms with Crippen molar-refractivity contribution in [3.63, 3.8) is 0 Å². The maximum atomic E-state index is 4.32. The van der Waals surface area contributed by atoms with Crippen LogP contribution in [-0.4, -0.2) is 14.8 Å². The molecule has 1 aliphatic rings. The van der Waals surface area contributed by atoms with Gasteiger partial charge in [0.2, 0.25) is 0 Å². The average molecular weight is 213 g/mol. The lowest BCUT2D eigenvalue weighted by molar-refractivity contribution is 0.526. The van der Waals surface area contributed by atoms with Gasteiger partial charge < -0.3 is 4.57 Å². The highest BCUT2D eigenvalue weighted by Gasteiger charge is 2.16. The summed E-state index contributed by atoms with van der Waals surface area (Å²) >= 11 is 0. The summed E-state index contributed by atoms with van der Waals surface area (Å²) < 4.78 is 2.26. The molecular formula is C13H15N3. The number of hydrogen-bond acceptors (Lipinski definition) is 2. The van der Waals surface area contributed by atoms with Gasteiger partial charge >= 0.3 is 0 Å². The van der Waals surface area contributed by atoms with Crippen molar-refractivity contribution < 1.29 is 0 Å². The fraction of sp³-hybridized carbons (Fsp3) is 0.385. The zero-order valence-corrected chi connectivity index (χ0v) is 9.48. The van der Waals surface area contributed by atoms with E-state index in [0.717, 1.165) is 24.6 Å². The Hall–Kier alpha value is -1.64. The predicted octanol–water partition coefficient (Wildman–Crippen LogP) is 2.59. The largest absolute Gasteiger partial charge is 0.311 e. The number of aromatic nitrogens is 3. The molecule has 0 saturated heterocycles. The highest BCUT2D eigenvalue weighted by atomic mass is 15.3. The molecule has 0 aliphatic carbocycles. The third kappa shape index (κ3) is 1.52. The Kier molecular flexibility index (Phi) is 2.24. The summed E-state index contributed by atoms with van der Waals surface area (Å²) in [7, 11) is 0. The molecule has 1 aromatic heterocycles. The van der Waals surface area contributed by atoms with Gasteiger partial charge in [-0.1, -0.05) is 23.8 Å². The van der Waals surface area contributed by atoms with Crippen molar-refractivity contribution in [3.8, 4) is 11.4 Å². The standard InChI is InChI=1S/C13H15N3/c1-10-5-4-6-11(9-10)13-15-14-12-7-2-3-8-16(12)13/h4-6,9H,2-3,7-8H2,1H3. The Bertz CT molecular complexity index is 514. The molecule has 0 radical (unpaired) electrons. The SMILES string of the molecule is Cc1cccc(-c2nnc3n2CCCC3)c1. The van der Waals surface area contributed by atoms with Gasteiger partial charge in [-0.3, -0.25) is 0 Å². The first-order valence-electron chi connectivity index (χ1n) is 5.84.